The molecule has 0 saturated heterocycles. The average molecular weight is 334 g/mol. The van der Waals surface area contributed by atoms with E-state index in [0.29, 0.717) is 11.3 Å². The van der Waals surface area contributed by atoms with E-state index in [4.69, 9.17) is 0 Å². The highest BCUT2D eigenvalue weighted by atomic mass is 19.4. The summed E-state index contributed by atoms with van der Waals surface area (Å²) in [6.45, 7) is 0. The number of halogens is 3. The van der Waals surface area contributed by atoms with E-state index in [2.05, 4.69) is 10.6 Å². The molecule has 24 heavy (non-hydrogen) atoms. The van der Waals surface area contributed by atoms with E-state index in [-0.39, 0.29) is 18.0 Å². The zero-order valence-corrected chi connectivity index (χ0v) is 12.4. The highest BCUT2D eigenvalue weighted by molar-refractivity contribution is 6.06. The van der Waals surface area contributed by atoms with Gasteiger partial charge in [0.2, 0.25) is 11.8 Å². The molecule has 1 heterocycles. The Bertz CT molecular complexity index is 802. The molecule has 4 nitrogen and oxygen atoms in total. The Morgan fingerprint density at radius 2 is 1.75 bits per heavy atom. The molecule has 0 bridgehead atoms. The van der Waals surface area contributed by atoms with Crippen LogP contribution in [0, 0.1) is 0 Å². The molecule has 1 aliphatic rings. The van der Waals surface area contributed by atoms with Crippen molar-refractivity contribution in [1.82, 2.24) is 0 Å². The lowest BCUT2D eigenvalue weighted by Crippen LogP contribution is -2.21. The van der Waals surface area contributed by atoms with Crippen molar-refractivity contribution in [3.63, 3.8) is 0 Å². The van der Waals surface area contributed by atoms with Crippen molar-refractivity contribution >= 4 is 23.2 Å². The van der Waals surface area contributed by atoms with Crippen molar-refractivity contribution in [1.29, 1.82) is 0 Å². The number of hydrogen-bond donors (Lipinski definition) is 2. The summed E-state index contributed by atoms with van der Waals surface area (Å²) in [5.41, 5.74) is 0.0501. The van der Waals surface area contributed by atoms with Crippen LogP contribution in [0.25, 0.3) is 0 Å². The van der Waals surface area contributed by atoms with E-state index >= 15 is 0 Å². The van der Waals surface area contributed by atoms with Gasteiger partial charge in [0.15, 0.2) is 0 Å². The van der Waals surface area contributed by atoms with Crippen LogP contribution in [-0.2, 0) is 15.8 Å². The minimum atomic E-state index is -4.57. The Morgan fingerprint density at radius 1 is 1.08 bits per heavy atom. The van der Waals surface area contributed by atoms with Crippen molar-refractivity contribution in [2.45, 2.75) is 18.5 Å². The van der Waals surface area contributed by atoms with E-state index in [1.165, 1.54) is 18.2 Å². The van der Waals surface area contributed by atoms with Gasteiger partial charge in [-0.15, -0.1) is 0 Å². The predicted octanol–water partition coefficient (Wildman–Crippen LogP) is 3.77. The lowest BCUT2D eigenvalue weighted by atomic mass is 9.97. The first-order valence-corrected chi connectivity index (χ1v) is 7.22. The minimum absolute atomic E-state index is 0.227. The zero-order chi connectivity index (χ0) is 17.3. The number of alkyl halides is 3. The summed E-state index contributed by atoms with van der Waals surface area (Å²) in [7, 11) is 0. The van der Waals surface area contributed by atoms with Crippen LogP contribution in [0.1, 0.15) is 23.5 Å². The third-order valence-electron chi connectivity index (χ3n) is 3.81. The van der Waals surface area contributed by atoms with Gasteiger partial charge in [-0.05, 0) is 23.8 Å². The monoisotopic (exact) mass is 334 g/mol. The molecule has 1 aliphatic heterocycles. The van der Waals surface area contributed by atoms with Crippen molar-refractivity contribution in [3.05, 3.63) is 59.7 Å². The molecular weight excluding hydrogens is 321 g/mol. The van der Waals surface area contributed by atoms with Crippen LogP contribution in [0.2, 0.25) is 0 Å². The number of carbonyl (C=O) groups excluding carboxylic acids is 2. The Hall–Kier alpha value is -2.83. The molecule has 1 unspecified atom stereocenters. The van der Waals surface area contributed by atoms with Crippen LogP contribution in [0.5, 0.6) is 0 Å². The van der Waals surface area contributed by atoms with Gasteiger partial charge < -0.3 is 10.6 Å². The van der Waals surface area contributed by atoms with Gasteiger partial charge >= 0.3 is 6.18 Å². The van der Waals surface area contributed by atoms with E-state index in [0.717, 1.165) is 6.07 Å². The van der Waals surface area contributed by atoms with Crippen LogP contribution in [0.4, 0.5) is 24.5 Å². The fourth-order valence-corrected chi connectivity index (χ4v) is 2.70. The molecule has 2 amide bonds. The molecule has 7 heteroatoms. The molecule has 0 radical (unpaired) electrons. The number of amides is 2. The number of nitrogens with one attached hydrogen (secondary N) is 2. The summed E-state index contributed by atoms with van der Waals surface area (Å²) in [6, 6.07) is 11.7. The van der Waals surface area contributed by atoms with Gasteiger partial charge in [0.1, 0.15) is 0 Å². The summed E-state index contributed by atoms with van der Waals surface area (Å²) in [4.78, 5) is 24.1. The van der Waals surface area contributed by atoms with Crippen LogP contribution in [0.3, 0.4) is 0 Å². The van der Waals surface area contributed by atoms with Crippen molar-refractivity contribution in [3.8, 4) is 0 Å². The third kappa shape index (κ3) is 3.10. The average Bonchev–Trinajstić information content (AvgIpc) is 2.83. The molecule has 0 saturated carbocycles. The number of rotatable bonds is 3. The lowest BCUT2D eigenvalue weighted by Gasteiger charge is -2.14. The van der Waals surface area contributed by atoms with Crippen LogP contribution < -0.4 is 10.6 Å². The van der Waals surface area contributed by atoms with Crippen molar-refractivity contribution in [2.24, 2.45) is 0 Å². The van der Waals surface area contributed by atoms with E-state index in [1.54, 1.807) is 24.3 Å². The number of fused-ring (bicyclic) bond motifs is 1. The van der Waals surface area contributed by atoms with Gasteiger partial charge in [-0.3, -0.25) is 9.59 Å². The highest BCUT2D eigenvalue weighted by Crippen LogP contribution is 2.36. The summed E-state index contributed by atoms with van der Waals surface area (Å²) < 4.78 is 38.8. The fourth-order valence-electron chi connectivity index (χ4n) is 2.70. The second kappa shape index (κ2) is 5.99. The first kappa shape index (κ1) is 16.0. The van der Waals surface area contributed by atoms with Gasteiger partial charge in [-0.2, -0.15) is 13.2 Å². The normalized spacial score (nSPS) is 16.5. The lowest BCUT2D eigenvalue weighted by molar-refractivity contribution is -0.137. The Kier molecular flexibility index (Phi) is 4.01. The summed E-state index contributed by atoms with van der Waals surface area (Å²) in [5, 5.41) is 4.91. The third-order valence-corrected chi connectivity index (χ3v) is 3.81. The molecule has 0 spiro atoms. The first-order valence-electron chi connectivity index (χ1n) is 7.22. The summed E-state index contributed by atoms with van der Waals surface area (Å²) in [6.07, 6.45) is -4.80. The number of benzene rings is 2. The zero-order valence-electron chi connectivity index (χ0n) is 12.4. The fraction of sp³-hybridized carbons (Fsp3) is 0.176. The highest BCUT2D eigenvalue weighted by Gasteiger charge is 2.35. The standard InChI is InChI=1S/C17H13F3N2O2/c18-17(19,20)12-6-2-4-8-14(12)21-15(23)9-11-10-5-1-3-7-13(10)22-16(11)24/h1-8,11H,9H2,(H,21,23)(H,22,24). The number of anilines is 2. The maximum absolute atomic E-state index is 12.9. The van der Waals surface area contributed by atoms with Gasteiger partial charge in [0.25, 0.3) is 0 Å². The second-order valence-electron chi connectivity index (χ2n) is 5.42. The molecule has 3 rings (SSSR count). The molecule has 0 aromatic heterocycles. The second-order valence-corrected chi connectivity index (χ2v) is 5.42. The van der Waals surface area contributed by atoms with Gasteiger partial charge in [-0.25, -0.2) is 0 Å². The van der Waals surface area contributed by atoms with Crippen LogP contribution >= 0.6 is 0 Å². The summed E-state index contributed by atoms with van der Waals surface area (Å²) >= 11 is 0. The van der Waals surface area contributed by atoms with Gasteiger partial charge in [0.05, 0.1) is 17.2 Å². The largest absolute Gasteiger partial charge is 0.418 e. The number of para-hydroxylation sites is 2. The van der Waals surface area contributed by atoms with E-state index in [1.807, 2.05) is 0 Å². The SMILES string of the molecule is O=C(CC1C(=O)Nc2ccccc21)Nc1ccccc1C(F)(F)F. The molecule has 2 N–H and O–H groups in total. The molecule has 124 valence electrons. The van der Waals surface area contributed by atoms with Crippen molar-refractivity contribution in [2.75, 3.05) is 10.6 Å². The Morgan fingerprint density at radius 3 is 2.50 bits per heavy atom. The minimum Gasteiger partial charge on any atom is -0.325 e. The topological polar surface area (TPSA) is 58.2 Å². The first-order chi connectivity index (χ1) is 11.4. The number of carbonyl (C=O) groups is 2. The van der Waals surface area contributed by atoms with Crippen molar-refractivity contribution < 1.29 is 22.8 Å². The van der Waals surface area contributed by atoms with Crippen LogP contribution in [-0.4, -0.2) is 11.8 Å². The predicted molar refractivity (Wildman–Crippen MR) is 82.5 cm³/mol. The summed E-state index contributed by atoms with van der Waals surface area (Å²) in [5.74, 6) is -1.70. The molecule has 0 aliphatic carbocycles. The van der Waals surface area contributed by atoms with Gasteiger partial charge in [-0.1, -0.05) is 30.3 Å². The smallest absolute Gasteiger partial charge is 0.325 e. The Balaban J connectivity index is 1.77. The van der Waals surface area contributed by atoms with E-state index in [9.17, 15) is 22.8 Å². The number of hydrogen-bond acceptors (Lipinski definition) is 2. The maximum Gasteiger partial charge on any atom is 0.418 e. The molecule has 2 aromatic carbocycles. The van der Waals surface area contributed by atoms with Crippen LogP contribution in [0.15, 0.2) is 48.5 Å². The van der Waals surface area contributed by atoms with Gasteiger partial charge in [0, 0.05) is 12.1 Å². The molecule has 2 aromatic rings. The quantitative estimate of drug-likeness (QED) is 0.898. The molecule has 0 fully saturated rings. The molecular formula is C17H13F3N2O2. The Labute approximate surface area is 135 Å². The molecule has 1 atom stereocenters. The van der Waals surface area contributed by atoms with E-state index < -0.39 is 23.6 Å². The maximum atomic E-state index is 12.9.